The van der Waals surface area contributed by atoms with Crippen LogP contribution < -0.4 is 10.5 Å². The van der Waals surface area contributed by atoms with Gasteiger partial charge in [0.25, 0.3) is 0 Å². The number of nitrogen functional groups attached to an aromatic ring is 1. The van der Waals surface area contributed by atoms with Crippen molar-refractivity contribution >= 4 is 27.5 Å². The first-order valence-corrected chi connectivity index (χ1v) is 8.94. The van der Waals surface area contributed by atoms with Gasteiger partial charge in [-0.3, -0.25) is 0 Å². The second kappa shape index (κ2) is 6.63. The molecule has 0 fully saturated rings. The van der Waals surface area contributed by atoms with E-state index in [9.17, 15) is 8.42 Å². The summed E-state index contributed by atoms with van der Waals surface area (Å²) in [5.74, 6) is 0. The van der Waals surface area contributed by atoms with E-state index in [1.165, 1.54) is 0 Å². The topological polar surface area (TPSA) is 72.2 Å². The van der Waals surface area contributed by atoms with E-state index in [2.05, 4.69) is 11.6 Å². The highest BCUT2D eigenvalue weighted by atomic mass is 32.2. The summed E-state index contributed by atoms with van der Waals surface area (Å²) in [6.07, 6.45) is 2.83. The van der Waals surface area contributed by atoms with Crippen molar-refractivity contribution < 1.29 is 8.42 Å². The maximum atomic E-state index is 12.3. The fourth-order valence-corrected chi connectivity index (χ4v) is 3.84. The van der Waals surface area contributed by atoms with Gasteiger partial charge in [-0.05, 0) is 49.8 Å². The molecule has 0 aromatic heterocycles. The monoisotopic (exact) mass is 302 g/mol. The highest BCUT2D eigenvalue weighted by Gasteiger charge is 2.19. The molecular weight excluding hydrogens is 280 g/mol. The van der Waals surface area contributed by atoms with Crippen molar-refractivity contribution in [3.05, 3.63) is 23.3 Å². The Morgan fingerprint density at radius 2 is 1.84 bits per heavy atom. The molecule has 19 heavy (non-hydrogen) atoms. The van der Waals surface area contributed by atoms with Gasteiger partial charge in [0.05, 0.1) is 4.90 Å². The molecule has 0 amide bonds. The Morgan fingerprint density at radius 3 is 2.32 bits per heavy atom. The summed E-state index contributed by atoms with van der Waals surface area (Å²) < 4.78 is 27.3. The van der Waals surface area contributed by atoms with Gasteiger partial charge >= 0.3 is 0 Å². The Morgan fingerprint density at radius 1 is 1.32 bits per heavy atom. The molecule has 1 aromatic carbocycles. The van der Waals surface area contributed by atoms with E-state index >= 15 is 0 Å². The summed E-state index contributed by atoms with van der Waals surface area (Å²) >= 11 is 1.73. The molecule has 0 aliphatic heterocycles. The highest BCUT2D eigenvalue weighted by molar-refractivity contribution is 7.99. The summed E-state index contributed by atoms with van der Waals surface area (Å²) in [5.41, 5.74) is 7.67. The molecule has 0 bridgehead atoms. The summed E-state index contributed by atoms with van der Waals surface area (Å²) in [5, 5.41) is 0.441. The fourth-order valence-electron chi connectivity index (χ4n) is 1.99. The lowest BCUT2D eigenvalue weighted by atomic mass is 10.1. The van der Waals surface area contributed by atoms with Crippen molar-refractivity contribution in [2.45, 2.75) is 37.3 Å². The number of nitrogens with two attached hydrogens (primary N) is 1. The minimum Gasteiger partial charge on any atom is -0.399 e. The van der Waals surface area contributed by atoms with E-state index in [0.29, 0.717) is 33.5 Å². The summed E-state index contributed by atoms with van der Waals surface area (Å²) in [6.45, 7) is 6.07. The largest absolute Gasteiger partial charge is 0.399 e. The van der Waals surface area contributed by atoms with Gasteiger partial charge in [0.15, 0.2) is 0 Å². The average molecular weight is 302 g/mol. The maximum Gasteiger partial charge on any atom is 0.241 e. The van der Waals surface area contributed by atoms with Crippen molar-refractivity contribution in [2.75, 3.05) is 18.5 Å². The van der Waals surface area contributed by atoms with Crippen LogP contribution in [0.4, 0.5) is 5.69 Å². The molecule has 3 N–H and O–H groups in total. The molecule has 0 saturated heterocycles. The molecule has 0 spiro atoms. The molecule has 1 atom stereocenters. The van der Waals surface area contributed by atoms with Crippen LogP contribution >= 0.6 is 11.8 Å². The van der Waals surface area contributed by atoms with E-state index in [1.807, 2.05) is 6.26 Å². The fraction of sp³-hybridized carbons (Fsp3) is 0.538. The SMILES string of the molecule is CSC(C)CCNS(=O)(=O)c1c(C)cc(N)cc1C. The third-order valence-corrected chi connectivity index (χ3v) is 5.80. The van der Waals surface area contributed by atoms with Gasteiger partial charge in [0, 0.05) is 17.5 Å². The first kappa shape index (κ1) is 16.3. The van der Waals surface area contributed by atoms with Gasteiger partial charge in [-0.15, -0.1) is 0 Å². The summed E-state index contributed by atoms with van der Waals surface area (Å²) in [7, 11) is -3.46. The van der Waals surface area contributed by atoms with Gasteiger partial charge < -0.3 is 5.73 Å². The first-order valence-electron chi connectivity index (χ1n) is 6.17. The van der Waals surface area contributed by atoms with Crippen LogP contribution in [0.2, 0.25) is 0 Å². The Hall–Kier alpha value is -0.720. The second-order valence-electron chi connectivity index (χ2n) is 4.72. The molecule has 1 unspecified atom stereocenters. The van der Waals surface area contributed by atoms with Crippen molar-refractivity contribution in [3.63, 3.8) is 0 Å². The molecule has 0 radical (unpaired) electrons. The van der Waals surface area contributed by atoms with Crippen molar-refractivity contribution in [1.82, 2.24) is 4.72 Å². The number of hydrogen-bond donors (Lipinski definition) is 2. The van der Waals surface area contributed by atoms with Crippen LogP contribution in [0.1, 0.15) is 24.5 Å². The van der Waals surface area contributed by atoms with Gasteiger partial charge in [-0.25, -0.2) is 13.1 Å². The molecule has 6 heteroatoms. The molecular formula is C13H22N2O2S2. The van der Waals surface area contributed by atoms with Gasteiger partial charge in [0.1, 0.15) is 0 Å². The Kier molecular flexibility index (Phi) is 5.70. The quantitative estimate of drug-likeness (QED) is 0.791. The zero-order chi connectivity index (χ0) is 14.6. The number of nitrogens with one attached hydrogen (secondary N) is 1. The van der Waals surface area contributed by atoms with Crippen LogP contribution in [-0.4, -0.2) is 26.5 Å². The second-order valence-corrected chi connectivity index (χ2v) is 7.70. The lowest BCUT2D eigenvalue weighted by Crippen LogP contribution is -2.27. The van der Waals surface area contributed by atoms with E-state index < -0.39 is 10.0 Å². The molecule has 0 saturated carbocycles. The predicted molar refractivity (Wildman–Crippen MR) is 83.1 cm³/mol. The average Bonchev–Trinajstić information content (AvgIpc) is 2.26. The van der Waals surface area contributed by atoms with Crippen LogP contribution in [0.15, 0.2) is 17.0 Å². The Bertz CT molecular complexity index is 519. The lowest BCUT2D eigenvalue weighted by molar-refractivity contribution is 0.577. The molecule has 108 valence electrons. The number of benzene rings is 1. The number of hydrogen-bond acceptors (Lipinski definition) is 4. The van der Waals surface area contributed by atoms with Crippen molar-refractivity contribution in [1.29, 1.82) is 0 Å². The van der Waals surface area contributed by atoms with Crippen molar-refractivity contribution in [2.24, 2.45) is 0 Å². The van der Waals surface area contributed by atoms with E-state index in [4.69, 9.17) is 5.73 Å². The smallest absolute Gasteiger partial charge is 0.241 e. The first-order chi connectivity index (χ1) is 8.77. The van der Waals surface area contributed by atoms with Crippen LogP contribution in [0.5, 0.6) is 0 Å². The summed E-state index contributed by atoms with van der Waals surface area (Å²) in [6, 6.07) is 3.37. The van der Waals surface area contributed by atoms with Gasteiger partial charge in [-0.1, -0.05) is 6.92 Å². The molecule has 1 aromatic rings. The van der Waals surface area contributed by atoms with Crippen LogP contribution in [0, 0.1) is 13.8 Å². The number of rotatable bonds is 6. The minimum atomic E-state index is -3.46. The predicted octanol–water partition coefficient (Wildman–Crippen LogP) is 2.31. The molecule has 0 heterocycles. The molecule has 0 aliphatic carbocycles. The van der Waals surface area contributed by atoms with Gasteiger partial charge in [-0.2, -0.15) is 11.8 Å². The number of anilines is 1. The third kappa shape index (κ3) is 4.40. The highest BCUT2D eigenvalue weighted by Crippen LogP contribution is 2.23. The number of thioether (sulfide) groups is 1. The van der Waals surface area contributed by atoms with E-state index in [-0.39, 0.29) is 0 Å². The minimum absolute atomic E-state index is 0.346. The number of sulfonamides is 1. The standard InChI is InChI=1S/C13H22N2O2S2/c1-9-7-12(14)8-10(2)13(9)19(16,17)15-6-5-11(3)18-4/h7-8,11,15H,5-6,14H2,1-4H3. The number of aryl methyl sites for hydroxylation is 2. The lowest BCUT2D eigenvalue weighted by Gasteiger charge is -2.14. The Balaban J connectivity index is 2.89. The summed E-state index contributed by atoms with van der Waals surface area (Å²) in [4.78, 5) is 0.346. The Labute approximate surface area is 120 Å². The normalized spacial score (nSPS) is 13.5. The zero-order valence-corrected chi connectivity index (χ0v) is 13.5. The zero-order valence-electron chi connectivity index (χ0n) is 11.9. The molecule has 4 nitrogen and oxygen atoms in total. The van der Waals surface area contributed by atoms with E-state index in [0.717, 1.165) is 6.42 Å². The van der Waals surface area contributed by atoms with Crippen LogP contribution in [0.3, 0.4) is 0 Å². The van der Waals surface area contributed by atoms with Crippen LogP contribution in [0.25, 0.3) is 0 Å². The van der Waals surface area contributed by atoms with Crippen LogP contribution in [-0.2, 0) is 10.0 Å². The molecule has 0 aliphatic rings. The maximum absolute atomic E-state index is 12.3. The van der Waals surface area contributed by atoms with Crippen molar-refractivity contribution in [3.8, 4) is 0 Å². The van der Waals surface area contributed by atoms with E-state index in [1.54, 1.807) is 37.7 Å². The van der Waals surface area contributed by atoms with Gasteiger partial charge in [0.2, 0.25) is 10.0 Å². The third-order valence-electron chi connectivity index (χ3n) is 3.00. The molecule has 1 rings (SSSR count).